The predicted octanol–water partition coefficient (Wildman–Crippen LogP) is 3.07. The molecule has 2 N–H and O–H groups in total. The second-order valence-corrected chi connectivity index (χ2v) is 6.14. The highest BCUT2D eigenvalue weighted by Gasteiger charge is 2.18. The molecule has 3 rings (SSSR count). The van der Waals surface area contributed by atoms with Crippen LogP contribution in [0.1, 0.15) is 39.1 Å². The van der Waals surface area contributed by atoms with Crippen molar-refractivity contribution in [3.05, 3.63) is 71.3 Å². The number of rotatable bonds is 6. The maximum atomic E-state index is 12.7. The lowest BCUT2D eigenvalue weighted by Crippen LogP contribution is -2.28. The number of nitrogens with one attached hydrogen (secondary N) is 2. The molecule has 2 aromatic carbocycles. The first-order chi connectivity index (χ1) is 11.8. The Labute approximate surface area is 154 Å². The van der Waals surface area contributed by atoms with Crippen LogP contribution >= 0.6 is 12.4 Å². The standard InChI is InChI=1S/C20H22N2O2.ClH/c23-19(16-6-2-1-3-7-16)17-8-4-5-9-18(17)20(24)22-13-11-15-10-12-21-14-15;/h1-9,15,21H,10-14H2,(H,22,24);1H. The van der Waals surface area contributed by atoms with Crippen LogP contribution < -0.4 is 10.6 Å². The average Bonchev–Trinajstić information content (AvgIpc) is 3.15. The fourth-order valence-electron chi connectivity index (χ4n) is 3.07. The average molecular weight is 359 g/mol. The number of carbonyl (C=O) groups is 2. The second kappa shape index (κ2) is 9.35. The first-order valence-corrected chi connectivity index (χ1v) is 8.43. The second-order valence-electron chi connectivity index (χ2n) is 6.14. The predicted molar refractivity (Wildman–Crippen MR) is 101 cm³/mol. The summed E-state index contributed by atoms with van der Waals surface area (Å²) in [6, 6.07) is 16.1. The minimum absolute atomic E-state index is 0. The zero-order valence-corrected chi connectivity index (χ0v) is 14.9. The number of amides is 1. The van der Waals surface area contributed by atoms with Gasteiger partial charge in [-0.05, 0) is 37.9 Å². The summed E-state index contributed by atoms with van der Waals surface area (Å²) >= 11 is 0. The molecule has 0 bridgehead atoms. The van der Waals surface area contributed by atoms with Crippen molar-refractivity contribution in [2.24, 2.45) is 5.92 Å². The molecule has 4 nitrogen and oxygen atoms in total. The quantitative estimate of drug-likeness (QED) is 0.780. The third-order valence-electron chi connectivity index (χ3n) is 4.45. The lowest BCUT2D eigenvalue weighted by atomic mass is 9.98. The van der Waals surface area contributed by atoms with Gasteiger partial charge in [0.2, 0.25) is 0 Å². The smallest absolute Gasteiger partial charge is 0.252 e. The number of hydrogen-bond donors (Lipinski definition) is 2. The van der Waals surface area contributed by atoms with E-state index in [2.05, 4.69) is 10.6 Å². The van der Waals surface area contributed by atoms with E-state index in [1.807, 2.05) is 18.2 Å². The van der Waals surface area contributed by atoms with Crippen LogP contribution in [0.4, 0.5) is 0 Å². The molecule has 0 aliphatic carbocycles. The van der Waals surface area contributed by atoms with Crippen molar-refractivity contribution in [3.63, 3.8) is 0 Å². The first-order valence-electron chi connectivity index (χ1n) is 8.43. The van der Waals surface area contributed by atoms with E-state index in [4.69, 9.17) is 0 Å². The van der Waals surface area contributed by atoms with Gasteiger partial charge in [-0.1, -0.05) is 48.5 Å². The van der Waals surface area contributed by atoms with Crippen molar-refractivity contribution in [2.75, 3.05) is 19.6 Å². The summed E-state index contributed by atoms with van der Waals surface area (Å²) in [6.45, 7) is 2.73. The van der Waals surface area contributed by atoms with Crippen LogP contribution in [0.5, 0.6) is 0 Å². The Hall–Kier alpha value is -2.17. The van der Waals surface area contributed by atoms with E-state index in [0.29, 0.717) is 29.2 Å². The molecule has 1 aliphatic rings. The van der Waals surface area contributed by atoms with Gasteiger partial charge in [0.05, 0.1) is 5.56 Å². The topological polar surface area (TPSA) is 58.2 Å². The molecule has 1 atom stereocenters. The lowest BCUT2D eigenvalue weighted by Gasteiger charge is -2.11. The third-order valence-corrected chi connectivity index (χ3v) is 4.45. The van der Waals surface area contributed by atoms with Crippen molar-refractivity contribution >= 4 is 24.1 Å². The molecule has 2 aromatic rings. The third kappa shape index (κ3) is 4.91. The summed E-state index contributed by atoms with van der Waals surface area (Å²) in [7, 11) is 0. The van der Waals surface area contributed by atoms with Crippen LogP contribution in [-0.4, -0.2) is 31.3 Å². The van der Waals surface area contributed by atoms with Gasteiger partial charge in [-0.15, -0.1) is 12.4 Å². The van der Waals surface area contributed by atoms with E-state index in [1.54, 1.807) is 36.4 Å². The van der Waals surface area contributed by atoms with Gasteiger partial charge in [-0.3, -0.25) is 9.59 Å². The van der Waals surface area contributed by atoms with Crippen LogP contribution in [0.15, 0.2) is 54.6 Å². The van der Waals surface area contributed by atoms with Crippen LogP contribution in [0.3, 0.4) is 0 Å². The Balaban J connectivity index is 0.00000225. The van der Waals surface area contributed by atoms with Gasteiger partial charge in [-0.25, -0.2) is 0 Å². The number of ketones is 1. The van der Waals surface area contributed by atoms with Gasteiger partial charge in [0, 0.05) is 17.7 Å². The van der Waals surface area contributed by atoms with Crippen molar-refractivity contribution in [1.29, 1.82) is 0 Å². The molecule has 1 amide bonds. The zero-order valence-electron chi connectivity index (χ0n) is 14.0. The van der Waals surface area contributed by atoms with Gasteiger partial charge in [0.15, 0.2) is 5.78 Å². The van der Waals surface area contributed by atoms with E-state index < -0.39 is 0 Å². The monoisotopic (exact) mass is 358 g/mol. The van der Waals surface area contributed by atoms with Gasteiger partial charge >= 0.3 is 0 Å². The molecular weight excluding hydrogens is 336 g/mol. The molecule has 0 spiro atoms. The van der Waals surface area contributed by atoms with E-state index in [0.717, 1.165) is 19.5 Å². The largest absolute Gasteiger partial charge is 0.352 e. The Kier molecular flexibility index (Phi) is 7.16. The Morgan fingerprint density at radius 2 is 1.68 bits per heavy atom. The summed E-state index contributed by atoms with van der Waals surface area (Å²) in [4.78, 5) is 25.2. The number of carbonyl (C=O) groups excluding carboxylic acids is 2. The summed E-state index contributed by atoms with van der Waals surface area (Å²) in [6.07, 6.45) is 2.13. The molecule has 0 radical (unpaired) electrons. The molecule has 1 saturated heterocycles. The highest BCUT2D eigenvalue weighted by Crippen LogP contribution is 2.15. The minimum Gasteiger partial charge on any atom is -0.352 e. The number of halogens is 1. The normalized spacial score (nSPS) is 16.1. The molecule has 5 heteroatoms. The van der Waals surface area contributed by atoms with Gasteiger partial charge in [-0.2, -0.15) is 0 Å². The first kappa shape index (κ1) is 19.2. The fraction of sp³-hybridized carbons (Fsp3) is 0.300. The molecule has 25 heavy (non-hydrogen) atoms. The molecule has 0 saturated carbocycles. The van der Waals surface area contributed by atoms with Gasteiger partial charge in [0.1, 0.15) is 0 Å². The minimum atomic E-state index is -0.180. The van der Waals surface area contributed by atoms with E-state index in [9.17, 15) is 9.59 Å². The summed E-state index contributed by atoms with van der Waals surface area (Å²) < 4.78 is 0. The van der Waals surface area contributed by atoms with Crippen molar-refractivity contribution in [3.8, 4) is 0 Å². The number of hydrogen-bond acceptors (Lipinski definition) is 3. The molecule has 1 heterocycles. The number of benzene rings is 2. The maximum absolute atomic E-state index is 12.7. The highest BCUT2D eigenvalue weighted by molar-refractivity contribution is 6.15. The molecule has 1 aliphatic heterocycles. The van der Waals surface area contributed by atoms with Crippen LogP contribution in [-0.2, 0) is 0 Å². The van der Waals surface area contributed by atoms with Gasteiger partial charge in [0.25, 0.3) is 5.91 Å². The van der Waals surface area contributed by atoms with Crippen LogP contribution in [0.25, 0.3) is 0 Å². The summed E-state index contributed by atoms with van der Waals surface area (Å²) in [5, 5.41) is 6.28. The zero-order chi connectivity index (χ0) is 16.8. The SMILES string of the molecule is Cl.O=C(NCCC1CCNC1)c1ccccc1C(=O)c1ccccc1. The molecule has 1 fully saturated rings. The van der Waals surface area contributed by atoms with Crippen LogP contribution in [0.2, 0.25) is 0 Å². The maximum Gasteiger partial charge on any atom is 0.252 e. The van der Waals surface area contributed by atoms with Crippen molar-refractivity contribution < 1.29 is 9.59 Å². The van der Waals surface area contributed by atoms with Crippen molar-refractivity contribution in [2.45, 2.75) is 12.8 Å². The van der Waals surface area contributed by atoms with Gasteiger partial charge < -0.3 is 10.6 Å². The Morgan fingerprint density at radius 1 is 1.00 bits per heavy atom. The summed E-state index contributed by atoms with van der Waals surface area (Å²) in [5.41, 5.74) is 1.48. The molecular formula is C20H23ClN2O2. The van der Waals surface area contributed by atoms with E-state index in [-0.39, 0.29) is 24.1 Å². The van der Waals surface area contributed by atoms with E-state index in [1.165, 1.54) is 6.42 Å². The fourth-order valence-corrected chi connectivity index (χ4v) is 3.07. The molecule has 0 aromatic heterocycles. The molecule has 1 unspecified atom stereocenters. The summed E-state index contributed by atoms with van der Waals surface area (Å²) in [5.74, 6) is 0.327. The lowest BCUT2D eigenvalue weighted by molar-refractivity contribution is 0.0940. The Bertz CT molecular complexity index is 713. The molecule has 132 valence electrons. The Morgan fingerprint density at radius 3 is 2.36 bits per heavy atom. The van der Waals surface area contributed by atoms with Crippen molar-refractivity contribution in [1.82, 2.24) is 10.6 Å². The van der Waals surface area contributed by atoms with E-state index >= 15 is 0 Å². The highest BCUT2D eigenvalue weighted by atomic mass is 35.5. The van der Waals surface area contributed by atoms with Crippen LogP contribution in [0, 0.1) is 5.92 Å².